The molecule has 3 heteroatoms. The summed E-state index contributed by atoms with van der Waals surface area (Å²) >= 11 is 6.17. The van der Waals surface area contributed by atoms with Gasteiger partial charge in [0.2, 0.25) is 5.91 Å². The molecule has 1 amide bonds. The van der Waals surface area contributed by atoms with E-state index in [0.717, 1.165) is 31.4 Å². The molecule has 0 aromatic heterocycles. The van der Waals surface area contributed by atoms with Gasteiger partial charge in [-0.1, -0.05) is 50.1 Å². The molecule has 0 radical (unpaired) electrons. The number of hydrogen-bond acceptors (Lipinski definition) is 1. The third kappa shape index (κ3) is 4.39. The van der Waals surface area contributed by atoms with E-state index in [1.165, 1.54) is 0 Å². The van der Waals surface area contributed by atoms with Gasteiger partial charge >= 0.3 is 0 Å². The van der Waals surface area contributed by atoms with Crippen molar-refractivity contribution in [3.05, 3.63) is 35.9 Å². The van der Waals surface area contributed by atoms with E-state index in [1.54, 1.807) is 4.90 Å². The topological polar surface area (TPSA) is 20.3 Å². The van der Waals surface area contributed by atoms with Crippen molar-refractivity contribution in [2.75, 3.05) is 13.6 Å². The van der Waals surface area contributed by atoms with Crippen LogP contribution in [0.3, 0.4) is 0 Å². The minimum Gasteiger partial charge on any atom is -0.344 e. The van der Waals surface area contributed by atoms with Crippen LogP contribution in [0.25, 0.3) is 0 Å². The van der Waals surface area contributed by atoms with Gasteiger partial charge in [0.1, 0.15) is 5.38 Å². The van der Waals surface area contributed by atoms with Gasteiger partial charge in [0.25, 0.3) is 0 Å². The van der Waals surface area contributed by atoms with Crippen LogP contribution in [0.4, 0.5) is 0 Å². The number of carbonyl (C=O) groups excluding carboxylic acids is 1. The first-order valence-electron chi connectivity index (χ1n) is 6.10. The van der Waals surface area contributed by atoms with E-state index in [4.69, 9.17) is 11.6 Å². The summed E-state index contributed by atoms with van der Waals surface area (Å²) in [5.41, 5.74) is 0.863. The number of amides is 1. The van der Waals surface area contributed by atoms with Crippen molar-refractivity contribution in [2.24, 2.45) is 0 Å². The summed E-state index contributed by atoms with van der Waals surface area (Å²) < 4.78 is 0. The fraction of sp³-hybridized carbons (Fsp3) is 0.500. The number of carbonyl (C=O) groups is 1. The molecule has 1 atom stereocenters. The first-order chi connectivity index (χ1) is 8.16. The Labute approximate surface area is 109 Å². The van der Waals surface area contributed by atoms with Crippen molar-refractivity contribution in [2.45, 2.75) is 31.6 Å². The maximum Gasteiger partial charge on any atom is 0.244 e. The predicted molar refractivity (Wildman–Crippen MR) is 72.2 cm³/mol. The Balaban J connectivity index is 2.51. The summed E-state index contributed by atoms with van der Waals surface area (Å²) in [5.74, 6) is -0.0195. The van der Waals surface area contributed by atoms with E-state index in [1.807, 2.05) is 37.4 Å². The molecule has 0 bridgehead atoms. The van der Waals surface area contributed by atoms with Crippen molar-refractivity contribution in [3.63, 3.8) is 0 Å². The number of rotatable bonds is 6. The number of halogens is 1. The first-order valence-corrected chi connectivity index (χ1v) is 6.54. The number of benzene rings is 1. The molecule has 0 spiro atoms. The Kier molecular flexibility index (Phi) is 6.06. The van der Waals surface area contributed by atoms with Crippen LogP contribution in [-0.4, -0.2) is 24.4 Å². The molecule has 2 nitrogen and oxygen atoms in total. The molecule has 94 valence electrons. The summed E-state index contributed by atoms with van der Waals surface area (Å²) in [7, 11) is 1.82. The molecule has 1 unspecified atom stereocenters. The van der Waals surface area contributed by atoms with Gasteiger partial charge < -0.3 is 4.90 Å². The van der Waals surface area contributed by atoms with Crippen molar-refractivity contribution < 1.29 is 4.79 Å². The lowest BCUT2D eigenvalue weighted by molar-refractivity contribution is -0.129. The SMILES string of the molecule is CCCCCN(C)C(=O)C(Cl)c1ccccc1. The van der Waals surface area contributed by atoms with Gasteiger partial charge in [-0.2, -0.15) is 0 Å². The molecule has 0 N–H and O–H groups in total. The standard InChI is InChI=1S/C14H20ClNO/c1-3-4-8-11-16(2)14(17)13(15)12-9-6-5-7-10-12/h5-7,9-10,13H,3-4,8,11H2,1-2H3. The zero-order chi connectivity index (χ0) is 12.7. The molecule has 1 aromatic carbocycles. The lowest BCUT2D eigenvalue weighted by Gasteiger charge is -2.20. The summed E-state index contributed by atoms with van der Waals surface area (Å²) in [4.78, 5) is 13.8. The Morgan fingerprint density at radius 3 is 2.53 bits per heavy atom. The Morgan fingerprint density at radius 1 is 1.29 bits per heavy atom. The molecule has 1 rings (SSSR count). The van der Waals surface area contributed by atoms with Crippen LogP contribution in [0.2, 0.25) is 0 Å². The maximum atomic E-state index is 12.0. The number of nitrogens with zero attached hydrogens (tertiary/aromatic N) is 1. The smallest absolute Gasteiger partial charge is 0.244 e. The van der Waals surface area contributed by atoms with Crippen LogP contribution in [-0.2, 0) is 4.79 Å². The highest BCUT2D eigenvalue weighted by Gasteiger charge is 2.20. The fourth-order valence-electron chi connectivity index (χ4n) is 1.67. The molecule has 17 heavy (non-hydrogen) atoms. The molecule has 0 aliphatic heterocycles. The van der Waals surface area contributed by atoms with Gasteiger partial charge in [-0.05, 0) is 12.0 Å². The highest BCUT2D eigenvalue weighted by atomic mass is 35.5. The number of hydrogen-bond donors (Lipinski definition) is 0. The van der Waals surface area contributed by atoms with Crippen molar-refractivity contribution >= 4 is 17.5 Å². The molecule has 0 aliphatic rings. The normalized spacial score (nSPS) is 12.2. The van der Waals surface area contributed by atoms with E-state index in [9.17, 15) is 4.79 Å². The molecule has 0 aliphatic carbocycles. The molecular formula is C14H20ClNO. The van der Waals surface area contributed by atoms with Gasteiger partial charge in [-0.25, -0.2) is 0 Å². The molecule has 0 saturated heterocycles. The number of alkyl halides is 1. The minimum absolute atomic E-state index is 0.0195. The van der Waals surface area contributed by atoms with Crippen LogP contribution in [0, 0.1) is 0 Å². The predicted octanol–water partition coefficient (Wildman–Crippen LogP) is 3.62. The largest absolute Gasteiger partial charge is 0.344 e. The van der Waals surface area contributed by atoms with Gasteiger partial charge in [0, 0.05) is 13.6 Å². The van der Waals surface area contributed by atoms with E-state index in [2.05, 4.69) is 6.92 Å². The zero-order valence-electron chi connectivity index (χ0n) is 10.5. The Bertz CT molecular complexity index is 339. The average Bonchev–Trinajstić information content (AvgIpc) is 2.38. The third-order valence-corrected chi connectivity index (χ3v) is 3.22. The van der Waals surface area contributed by atoms with Gasteiger partial charge in [0.05, 0.1) is 0 Å². The first kappa shape index (κ1) is 14.0. The number of unbranched alkanes of at least 4 members (excludes halogenated alkanes) is 2. The average molecular weight is 254 g/mol. The fourth-order valence-corrected chi connectivity index (χ4v) is 1.98. The maximum absolute atomic E-state index is 12.0. The van der Waals surface area contributed by atoms with E-state index in [-0.39, 0.29) is 5.91 Å². The second-order valence-corrected chi connectivity index (χ2v) is 4.68. The summed E-state index contributed by atoms with van der Waals surface area (Å²) in [5, 5.41) is -0.567. The second-order valence-electron chi connectivity index (χ2n) is 4.24. The quantitative estimate of drug-likeness (QED) is 0.560. The third-order valence-electron chi connectivity index (χ3n) is 2.78. The second kappa shape index (κ2) is 7.33. The zero-order valence-corrected chi connectivity index (χ0v) is 11.3. The van der Waals surface area contributed by atoms with E-state index < -0.39 is 5.38 Å². The monoisotopic (exact) mass is 253 g/mol. The van der Waals surface area contributed by atoms with E-state index in [0.29, 0.717) is 0 Å². The van der Waals surface area contributed by atoms with Crippen LogP contribution >= 0.6 is 11.6 Å². The van der Waals surface area contributed by atoms with Gasteiger partial charge in [-0.3, -0.25) is 4.79 Å². The summed E-state index contributed by atoms with van der Waals surface area (Å²) in [6, 6.07) is 9.48. The summed E-state index contributed by atoms with van der Waals surface area (Å²) in [6.07, 6.45) is 3.35. The van der Waals surface area contributed by atoms with Gasteiger partial charge in [0.15, 0.2) is 0 Å². The minimum atomic E-state index is -0.567. The molecule has 0 heterocycles. The van der Waals surface area contributed by atoms with Crippen molar-refractivity contribution in [1.82, 2.24) is 4.90 Å². The lowest BCUT2D eigenvalue weighted by Crippen LogP contribution is -2.30. The highest BCUT2D eigenvalue weighted by Crippen LogP contribution is 2.22. The van der Waals surface area contributed by atoms with Crippen molar-refractivity contribution in [1.29, 1.82) is 0 Å². The summed E-state index contributed by atoms with van der Waals surface area (Å²) in [6.45, 7) is 2.93. The van der Waals surface area contributed by atoms with E-state index >= 15 is 0 Å². The molecule has 1 aromatic rings. The highest BCUT2D eigenvalue weighted by molar-refractivity contribution is 6.30. The van der Waals surface area contributed by atoms with Crippen LogP contribution in [0.5, 0.6) is 0 Å². The number of likely N-dealkylation sites (N-methyl/N-ethyl adjacent to an activating group) is 1. The van der Waals surface area contributed by atoms with Crippen LogP contribution in [0.15, 0.2) is 30.3 Å². The Hall–Kier alpha value is -1.02. The van der Waals surface area contributed by atoms with Crippen LogP contribution < -0.4 is 0 Å². The van der Waals surface area contributed by atoms with Gasteiger partial charge in [-0.15, -0.1) is 11.6 Å². The van der Waals surface area contributed by atoms with Crippen molar-refractivity contribution in [3.8, 4) is 0 Å². The molecule has 0 saturated carbocycles. The Morgan fingerprint density at radius 2 is 1.94 bits per heavy atom. The lowest BCUT2D eigenvalue weighted by atomic mass is 10.1. The van der Waals surface area contributed by atoms with Crippen LogP contribution in [0.1, 0.15) is 37.1 Å². The molecular weight excluding hydrogens is 234 g/mol. The molecule has 0 fully saturated rings.